The second-order valence-electron chi connectivity index (χ2n) is 5.01. The molecule has 0 aromatic heterocycles. The van der Waals surface area contributed by atoms with Gasteiger partial charge in [0.25, 0.3) is 0 Å². The van der Waals surface area contributed by atoms with Crippen molar-refractivity contribution in [2.45, 2.75) is 44.8 Å². The molecule has 1 aliphatic rings. The van der Waals surface area contributed by atoms with E-state index < -0.39 is 0 Å². The Balaban J connectivity index is 1.93. The Bertz CT molecular complexity index is 361. The molecule has 1 aromatic rings. The number of benzene rings is 1. The van der Waals surface area contributed by atoms with Gasteiger partial charge in [-0.2, -0.15) is 0 Å². The van der Waals surface area contributed by atoms with Gasteiger partial charge in [0.1, 0.15) is 5.75 Å². The molecular weight excluding hydrogens is 240 g/mol. The largest absolute Gasteiger partial charge is 0.494 e. The topological polar surface area (TPSA) is 56.5 Å². The quantitative estimate of drug-likeness (QED) is 0.587. The molecule has 0 radical (unpaired) electrons. The van der Waals surface area contributed by atoms with E-state index in [0.717, 1.165) is 44.6 Å². The summed E-state index contributed by atoms with van der Waals surface area (Å²) < 4.78 is 11.2. The molecule has 19 heavy (non-hydrogen) atoms. The van der Waals surface area contributed by atoms with E-state index >= 15 is 0 Å². The Morgan fingerprint density at radius 2 is 2.21 bits per heavy atom. The van der Waals surface area contributed by atoms with Crippen molar-refractivity contribution in [2.24, 2.45) is 5.84 Å². The first-order chi connectivity index (χ1) is 9.33. The number of hydrogen-bond donors (Lipinski definition) is 2. The lowest BCUT2D eigenvalue weighted by Gasteiger charge is -2.20. The minimum atomic E-state index is 0.142. The van der Waals surface area contributed by atoms with Gasteiger partial charge in [0.05, 0.1) is 12.7 Å². The minimum Gasteiger partial charge on any atom is -0.494 e. The average Bonchev–Trinajstić information content (AvgIpc) is 2.96. The zero-order valence-electron chi connectivity index (χ0n) is 11.6. The third-order valence-electron chi connectivity index (χ3n) is 3.48. The zero-order chi connectivity index (χ0) is 13.5. The van der Waals surface area contributed by atoms with Crippen molar-refractivity contribution >= 4 is 0 Å². The van der Waals surface area contributed by atoms with E-state index in [1.165, 1.54) is 5.56 Å². The number of nitrogens with two attached hydrogens (primary N) is 1. The maximum Gasteiger partial charge on any atom is 0.119 e. The molecular formula is C15H24N2O2. The lowest BCUT2D eigenvalue weighted by Crippen LogP contribution is -2.30. The van der Waals surface area contributed by atoms with Crippen LogP contribution >= 0.6 is 0 Å². The van der Waals surface area contributed by atoms with Crippen LogP contribution in [0.25, 0.3) is 0 Å². The highest BCUT2D eigenvalue weighted by molar-refractivity contribution is 5.29. The van der Waals surface area contributed by atoms with Gasteiger partial charge in [-0.1, -0.05) is 19.1 Å². The Labute approximate surface area is 115 Å². The van der Waals surface area contributed by atoms with Crippen LogP contribution in [-0.2, 0) is 4.74 Å². The Kier molecular flexibility index (Phi) is 5.63. The molecule has 4 nitrogen and oxygen atoms in total. The molecule has 1 saturated heterocycles. The van der Waals surface area contributed by atoms with Crippen LogP contribution in [0.5, 0.6) is 5.75 Å². The van der Waals surface area contributed by atoms with E-state index in [4.69, 9.17) is 15.3 Å². The van der Waals surface area contributed by atoms with Gasteiger partial charge in [0, 0.05) is 12.6 Å². The molecule has 1 aromatic carbocycles. The zero-order valence-corrected chi connectivity index (χ0v) is 11.6. The van der Waals surface area contributed by atoms with Gasteiger partial charge >= 0.3 is 0 Å². The van der Waals surface area contributed by atoms with Crippen LogP contribution in [0.4, 0.5) is 0 Å². The Hall–Kier alpha value is -1.10. The van der Waals surface area contributed by atoms with Crippen LogP contribution in [0.15, 0.2) is 24.3 Å². The number of hydrazine groups is 1. The van der Waals surface area contributed by atoms with Crippen LogP contribution in [0, 0.1) is 0 Å². The molecule has 2 atom stereocenters. The van der Waals surface area contributed by atoms with Crippen LogP contribution in [0.1, 0.15) is 44.2 Å². The summed E-state index contributed by atoms with van der Waals surface area (Å²) in [7, 11) is 0. The Morgan fingerprint density at radius 1 is 1.42 bits per heavy atom. The normalized spacial score (nSPS) is 20.4. The monoisotopic (exact) mass is 264 g/mol. The molecule has 0 spiro atoms. The first-order valence-electron chi connectivity index (χ1n) is 7.14. The first kappa shape index (κ1) is 14.3. The van der Waals surface area contributed by atoms with E-state index in [9.17, 15) is 0 Å². The Morgan fingerprint density at radius 3 is 2.79 bits per heavy atom. The predicted molar refractivity (Wildman–Crippen MR) is 75.9 cm³/mol. The van der Waals surface area contributed by atoms with Crippen molar-refractivity contribution in [1.82, 2.24) is 5.43 Å². The molecule has 0 aliphatic carbocycles. The summed E-state index contributed by atoms with van der Waals surface area (Å²) in [4.78, 5) is 0. The van der Waals surface area contributed by atoms with Crippen LogP contribution < -0.4 is 16.0 Å². The fourth-order valence-corrected chi connectivity index (χ4v) is 2.41. The van der Waals surface area contributed by atoms with Gasteiger partial charge in [-0.3, -0.25) is 11.3 Å². The molecule has 2 unspecified atom stereocenters. The third kappa shape index (κ3) is 4.20. The van der Waals surface area contributed by atoms with Crippen molar-refractivity contribution in [3.8, 4) is 5.75 Å². The summed E-state index contributed by atoms with van der Waals surface area (Å²) in [6.07, 6.45) is 4.57. The number of ether oxygens (including phenoxy) is 2. The summed E-state index contributed by atoms with van der Waals surface area (Å²) in [6, 6.07) is 8.30. The van der Waals surface area contributed by atoms with Crippen molar-refractivity contribution < 1.29 is 9.47 Å². The lowest BCUT2D eigenvalue weighted by atomic mass is 10.00. The molecule has 0 saturated carbocycles. The number of nitrogens with one attached hydrogen (secondary N) is 1. The van der Waals surface area contributed by atoms with E-state index in [1.807, 2.05) is 12.1 Å². The highest BCUT2D eigenvalue weighted by Crippen LogP contribution is 2.25. The summed E-state index contributed by atoms with van der Waals surface area (Å²) >= 11 is 0. The highest BCUT2D eigenvalue weighted by Gasteiger charge is 2.21. The second-order valence-corrected chi connectivity index (χ2v) is 5.01. The maximum atomic E-state index is 5.66. The standard InChI is InChI=1S/C15H24N2O2/c1-2-9-18-13-7-5-12(6-8-13)15(17-16)11-14-4-3-10-19-14/h5-8,14-15,17H,2-4,9-11,16H2,1H3. The summed E-state index contributed by atoms with van der Waals surface area (Å²) in [5.74, 6) is 6.58. The highest BCUT2D eigenvalue weighted by atomic mass is 16.5. The van der Waals surface area contributed by atoms with Crippen molar-refractivity contribution in [2.75, 3.05) is 13.2 Å². The van der Waals surface area contributed by atoms with Crippen LogP contribution in [-0.4, -0.2) is 19.3 Å². The summed E-state index contributed by atoms with van der Waals surface area (Å²) in [6.45, 7) is 3.74. The van der Waals surface area contributed by atoms with E-state index in [2.05, 4.69) is 24.5 Å². The second kappa shape index (κ2) is 7.48. The molecule has 1 heterocycles. The molecule has 4 heteroatoms. The summed E-state index contributed by atoms with van der Waals surface area (Å²) in [5.41, 5.74) is 4.07. The van der Waals surface area contributed by atoms with Crippen molar-refractivity contribution in [3.05, 3.63) is 29.8 Å². The lowest BCUT2D eigenvalue weighted by molar-refractivity contribution is 0.0946. The fraction of sp³-hybridized carbons (Fsp3) is 0.600. The number of rotatable bonds is 7. The number of hydrogen-bond acceptors (Lipinski definition) is 4. The van der Waals surface area contributed by atoms with Gasteiger partial charge in [-0.15, -0.1) is 0 Å². The maximum absolute atomic E-state index is 5.66. The average molecular weight is 264 g/mol. The van der Waals surface area contributed by atoms with E-state index in [-0.39, 0.29) is 6.04 Å². The van der Waals surface area contributed by atoms with Crippen LogP contribution in [0.3, 0.4) is 0 Å². The van der Waals surface area contributed by atoms with E-state index in [1.54, 1.807) is 0 Å². The van der Waals surface area contributed by atoms with Gasteiger partial charge in [-0.25, -0.2) is 0 Å². The first-order valence-corrected chi connectivity index (χ1v) is 7.14. The van der Waals surface area contributed by atoms with Gasteiger partial charge in [0.15, 0.2) is 0 Å². The molecule has 3 N–H and O–H groups in total. The molecule has 106 valence electrons. The third-order valence-corrected chi connectivity index (χ3v) is 3.48. The van der Waals surface area contributed by atoms with E-state index in [0.29, 0.717) is 6.10 Å². The minimum absolute atomic E-state index is 0.142. The van der Waals surface area contributed by atoms with Gasteiger partial charge in [-0.05, 0) is 43.4 Å². The smallest absolute Gasteiger partial charge is 0.119 e. The summed E-state index contributed by atoms with van der Waals surface area (Å²) in [5, 5.41) is 0. The molecule has 1 aliphatic heterocycles. The molecule has 0 amide bonds. The SMILES string of the molecule is CCCOc1ccc(C(CC2CCCO2)NN)cc1. The van der Waals surface area contributed by atoms with Crippen molar-refractivity contribution in [1.29, 1.82) is 0 Å². The molecule has 2 rings (SSSR count). The predicted octanol–water partition coefficient (Wildman–Crippen LogP) is 2.55. The van der Waals surface area contributed by atoms with Crippen molar-refractivity contribution in [3.63, 3.8) is 0 Å². The molecule has 0 bridgehead atoms. The van der Waals surface area contributed by atoms with Gasteiger partial charge in [0.2, 0.25) is 0 Å². The van der Waals surface area contributed by atoms with Gasteiger partial charge < -0.3 is 9.47 Å². The molecule has 1 fully saturated rings. The fourth-order valence-electron chi connectivity index (χ4n) is 2.41. The van der Waals surface area contributed by atoms with Crippen LogP contribution in [0.2, 0.25) is 0 Å².